The van der Waals surface area contributed by atoms with Gasteiger partial charge in [-0.25, -0.2) is 0 Å². The molecule has 0 fully saturated rings. The molecule has 1 atom stereocenters. The zero-order valence-corrected chi connectivity index (χ0v) is 12.9. The molecule has 0 saturated heterocycles. The zero-order chi connectivity index (χ0) is 14.3. The molecule has 0 bridgehead atoms. The maximum absolute atomic E-state index is 7.29. The lowest BCUT2D eigenvalue weighted by atomic mass is 10.0. The number of hydrogen-bond donors (Lipinski definition) is 1. The van der Waals surface area contributed by atoms with Gasteiger partial charge in [-0.15, -0.1) is 0 Å². The summed E-state index contributed by atoms with van der Waals surface area (Å²) in [5.41, 5.74) is 4.14. The minimum absolute atomic E-state index is 0.587. The van der Waals surface area contributed by atoms with E-state index in [2.05, 4.69) is 50.8 Å². The number of aryl methyl sites for hydroxylation is 2. The molecule has 1 aromatic carbocycles. The summed E-state index contributed by atoms with van der Waals surface area (Å²) in [6, 6.07) is 6.80. The Balaban J connectivity index is 2.84. The Kier molecular flexibility index (Phi) is 6.61. The molecule has 1 rings (SSSR count). The van der Waals surface area contributed by atoms with E-state index in [1.165, 1.54) is 16.8 Å². The molecule has 1 aromatic rings. The van der Waals surface area contributed by atoms with Gasteiger partial charge < -0.3 is 10.3 Å². The minimum atomic E-state index is 0.587. The van der Waals surface area contributed by atoms with Crippen molar-refractivity contribution >= 4 is 11.9 Å². The van der Waals surface area contributed by atoms with Crippen molar-refractivity contribution in [2.75, 3.05) is 18.0 Å². The van der Waals surface area contributed by atoms with Crippen molar-refractivity contribution in [1.82, 2.24) is 0 Å². The second kappa shape index (κ2) is 7.98. The van der Waals surface area contributed by atoms with E-state index >= 15 is 0 Å². The Labute approximate surface area is 118 Å². The summed E-state index contributed by atoms with van der Waals surface area (Å²) in [5, 5.41) is 7.29. The Morgan fingerprint density at radius 2 is 2.00 bits per heavy atom. The van der Waals surface area contributed by atoms with E-state index in [-0.39, 0.29) is 0 Å². The van der Waals surface area contributed by atoms with Crippen LogP contribution >= 0.6 is 0 Å². The first kappa shape index (κ1) is 15.7. The number of hydrogen-bond acceptors (Lipinski definition) is 2. The summed E-state index contributed by atoms with van der Waals surface area (Å²) in [7, 11) is 0. The standard InChI is InChI=1S/C17H28N2/c1-5-15(10-11-18)13-19(7-3)17-9-8-16(6-2)14(4)12-17/h8-9,11-12,15,18H,5-7,10,13H2,1-4H3. The summed E-state index contributed by atoms with van der Waals surface area (Å²) < 4.78 is 0. The van der Waals surface area contributed by atoms with Gasteiger partial charge in [0.25, 0.3) is 0 Å². The van der Waals surface area contributed by atoms with E-state index in [1.807, 2.05) is 0 Å². The number of rotatable bonds is 8. The van der Waals surface area contributed by atoms with Gasteiger partial charge in [0.05, 0.1) is 0 Å². The van der Waals surface area contributed by atoms with E-state index in [9.17, 15) is 0 Å². The third kappa shape index (κ3) is 4.38. The summed E-state index contributed by atoms with van der Waals surface area (Å²) in [4.78, 5) is 2.43. The molecular weight excluding hydrogens is 232 g/mol. The number of benzene rings is 1. The molecule has 0 aliphatic carbocycles. The molecule has 2 heteroatoms. The zero-order valence-electron chi connectivity index (χ0n) is 12.9. The molecular formula is C17H28N2. The van der Waals surface area contributed by atoms with Gasteiger partial charge in [-0.05, 0) is 62.1 Å². The van der Waals surface area contributed by atoms with Gasteiger partial charge in [-0.1, -0.05) is 26.3 Å². The highest BCUT2D eigenvalue weighted by atomic mass is 15.1. The predicted molar refractivity (Wildman–Crippen MR) is 85.6 cm³/mol. The van der Waals surface area contributed by atoms with Gasteiger partial charge >= 0.3 is 0 Å². The summed E-state index contributed by atoms with van der Waals surface area (Å²) in [5.74, 6) is 0.587. The van der Waals surface area contributed by atoms with Crippen molar-refractivity contribution in [3.8, 4) is 0 Å². The predicted octanol–water partition coefficient (Wildman–Crippen LogP) is 4.45. The molecule has 0 amide bonds. The van der Waals surface area contributed by atoms with E-state index in [1.54, 1.807) is 6.21 Å². The van der Waals surface area contributed by atoms with E-state index in [4.69, 9.17) is 5.41 Å². The van der Waals surface area contributed by atoms with Crippen LogP contribution in [0.1, 0.15) is 44.7 Å². The Morgan fingerprint density at radius 1 is 1.26 bits per heavy atom. The first-order valence-corrected chi connectivity index (χ1v) is 7.49. The summed E-state index contributed by atoms with van der Waals surface area (Å²) in [6.07, 6.45) is 4.67. The van der Waals surface area contributed by atoms with E-state index in [0.717, 1.165) is 32.4 Å². The van der Waals surface area contributed by atoms with Gasteiger partial charge in [0.1, 0.15) is 0 Å². The number of anilines is 1. The average Bonchev–Trinajstić information content (AvgIpc) is 2.43. The summed E-state index contributed by atoms with van der Waals surface area (Å²) in [6.45, 7) is 10.9. The summed E-state index contributed by atoms with van der Waals surface area (Å²) >= 11 is 0. The fourth-order valence-corrected chi connectivity index (χ4v) is 2.54. The first-order chi connectivity index (χ1) is 9.15. The lowest BCUT2D eigenvalue weighted by molar-refractivity contribution is 0.521. The van der Waals surface area contributed by atoms with Crippen LogP contribution in [0, 0.1) is 18.3 Å². The lowest BCUT2D eigenvalue weighted by Crippen LogP contribution is -2.29. The van der Waals surface area contributed by atoms with Crippen LogP contribution in [-0.2, 0) is 6.42 Å². The normalized spacial score (nSPS) is 12.2. The molecule has 1 unspecified atom stereocenters. The molecule has 0 aliphatic rings. The maximum atomic E-state index is 7.29. The highest BCUT2D eigenvalue weighted by Gasteiger charge is 2.12. The van der Waals surface area contributed by atoms with Gasteiger partial charge in [-0.2, -0.15) is 0 Å². The highest BCUT2D eigenvalue weighted by molar-refractivity contribution is 5.54. The molecule has 0 heterocycles. The third-order valence-corrected chi connectivity index (χ3v) is 3.96. The van der Waals surface area contributed by atoms with E-state index < -0.39 is 0 Å². The van der Waals surface area contributed by atoms with Crippen molar-refractivity contribution in [3.05, 3.63) is 29.3 Å². The third-order valence-electron chi connectivity index (χ3n) is 3.96. The van der Waals surface area contributed by atoms with Crippen molar-refractivity contribution in [2.24, 2.45) is 5.92 Å². The minimum Gasteiger partial charge on any atom is -0.372 e. The fourth-order valence-electron chi connectivity index (χ4n) is 2.54. The molecule has 0 spiro atoms. The van der Waals surface area contributed by atoms with Gasteiger partial charge in [-0.3, -0.25) is 0 Å². The van der Waals surface area contributed by atoms with Crippen molar-refractivity contribution in [2.45, 2.75) is 47.0 Å². The molecule has 2 nitrogen and oxygen atoms in total. The Hall–Kier alpha value is -1.31. The SMILES string of the molecule is CCc1ccc(N(CC)CC(CC)CC=N)cc1C. The van der Waals surface area contributed by atoms with E-state index in [0.29, 0.717) is 5.92 Å². The van der Waals surface area contributed by atoms with Crippen LogP contribution in [0.5, 0.6) is 0 Å². The average molecular weight is 260 g/mol. The highest BCUT2D eigenvalue weighted by Crippen LogP contribution is 2.22. The largest absolute Gasteiger partial charge is 0.372 e. The number of nitrogens with one attached hydrogen (secondary N) is 1. The second-order valence-electron chi connectivity index (χ2n) is 5.22. The smallest absolute Gasteiger partial charge is 0.0369 e. The van der Waals surface area contributed by atoms with Crippen molar-refractivity contribution < 1.29 is 0 Å². The molecule has 19 heavy (non-hydrogen) atoms. The Morgan fingerprint density at radius 3 is 2.47 bits per heavy atom. The van der Waals surface area contributed by atoms with Crippen molar-refractivity contribution in [3.63, 3.8) is 0 Å². The van der Waals surface area contributed by atoms with Crippen LogP contribution in [0.4, 0.5) is 5.69 Å². The molecule has 0 radical (unpaired) electrons. The first-order valence-electron chi connectivity index (χ1n) is 7.49. The topological polar surface area (TPSA) is 27.1 Å². The lowest BCUT2D eigenvalue weighted by Gasteiger charge is -2.28. The molecule has 1 N–H and O–H groups in total. The Bertz CT molecular complexity index is 398. The molecule has 0 saturated carbocycles. The van der Waals surface area contributed by atoms with Crippen LogP contribution in [0.3, 0.4) is 0 Å². The fraction of sp³-hybridized carbons (Fsp3) is 0.588. The molecule has 0 aromatic heterocycles. The van der Waals surface area contributed by atoms with Crippen LogP contribution in [0.15, 0.2) is 18.2 Å². The van der Waals surface area contributed by atoms with Gasteiger partial charge in [0.2, 0.25) is 0 Å². The second-order valence-corrected chi connectivity index (χ2v) is 5.22. The van der Waals surface area contributed by atoms with Crippen LogP contribution in [0.2, 0.25) is 0 Å². The number of nitrogens with zero attached hydrogens (tertiary/aromatic N) is 1. The molecule has 0 aliphatic heterocycles. The van der Waals surface area contributed by atoms with Crippen molar-refractivity contribution in [1.29, 1.82) is 5.41 Å². The van der Waals surface area contributed by atoms with Gasteiger partial charge in [0.15, 0.2) is 0 Å². The van der Waals surface area contributed by atoms with Crippen LogP contribution < -0.4 is 4.90 Å². The maximum Gasteiger partial charge on any atom is 0.0369 e. The van der Waals surface area contributed by atoms with Crippen LogP contribution in [-0.4, -0.2) is 19.3 Å². The van der Waals surface area contributed by atoms with Gasteiger partial charge in [0, 0.05) is 18.8 Å². The van der Waals surface area contributed by atoms with Crippen LogP contribution in [0.25, 0.3) is 0 Å². The quantitative estimate of drug-likeness (QED) is 0.687. The molecule has 106 valence electrons. The monoisotopic (exact) mass is 260 g/mol.